The first-order chi connectivity index (χ1) is 13.6. The van der Waals surface area contributed by atoms with Crippen molar-refractivity contribution in [2.45, 2.75) is 32.6 Å². The molecular formula is C22H21N5O. The van der Waals surface area contributed by atoms with Gasteiger partial charge in [-0.2, -0.15) is 5.10 Å². The van der Waals surface area contributed by atoms with Crippen molar-refractivity contribution < 1.29 is 4.79 Å². The number of hydrogen-bond donors (Lipinski definition) is 3. The van der Waals surface area contributed by atoms with Crippen LogP contribution >= 0.6 is 0 Å². The molecule has 1 aliphatic rings. The fourth-order valence-corrected chi connectivity index (χ4v) is 3.45. The van der Waals surface area contributed by atoms with E-state index in [1.807, 2.05) is 49.4 Å². The number of rotatable bonds is 4. The van der Waals surface area contributed by atoms with Crippen molar-refractivity contribution in [3.8, 4) is 11.4 Å². The summed E-state index contributed by atoms with van der Waals surface area (Å²) in [7, 11) is 0. The van der Waals surface area contributed by atoms with Crippen molar-refractivity contribution in [2.75, 3.05) is 5.32 Å². The summed E-state index contributed by atoms with van der Waals surface area (Å²) in [5.41, 5.74) is 5.66. The topological polar surface area (TPSA) is 86.5 Å². The molecule has 0 aliphatic heterocycles. The van der Waals surface area contributed by atoms with E-state index in [1.54, 1.807) is 0 Å². The van der Waals surface area contributed by atoms with E-state index < -0.39 is 0 Å². The number of carbonyl (C=O) groups excluding carboxylic acids is 1. The number of anilines is 1. The summed E-state index contributed by atoms with van der Waals surface area (Å²) in [6.07, 6.45) is 2.38. The smallest absolute Gasteiger partial charge is 0.255 e. The average molecular weight is 371 g/mol. The van der Waals surface area contributed by atoms with Crippen LogP contribution in [0, 0.1) is 13.8 Å². The van der Waals surface area contributed by atoms with Crippen LogP contribution in [0.5, 0.6) is 0 Å². The summed E-state index contributed by atoms with van der Waals surface area (Å²) in [5, 5.41) is 11.4. The van der Waals surface area contributed by atoms with Crippen molar-refractivity contribution in [2.24, 2.45) is 0 Å². The highest BCUT2D eigenvalue weighted by molar-refractivity contribution is 6.06. The number of hydrogen-bond acceptors (Lipinski definition) is 3. The van der Waals surface area contributed by atoms with E-state index in [2.05, 4.69) is 32.4 Å². The van der Waals surface area contributed by atoms with Crippen molar-refractivity contribution in [1.82, 2.24) is 20.2 Å². The average Bonchev–Trinajstić information content (AvgIpc) is 3.37. The third-order valence-electron chi connectivity index (χ3n) is 5.44. The highest BCUT2D eigenvalue weighted by atomic mass is 16.1. The fourth-order valence-electron chi connectivity index (χ4n) is 3.45. The number of carbonyl (C=O) groups is 1. The molecule has 2 aromatic carbocycles. The number of aryl methyl sites for hydroxylation is 2. The van der Waals surface area contributed by atoms with Crippen molar-refractivity contribution in [3.63, 3.8) is 0 Å². The Morgan fingerprint density at radius 2 is 1.89 bits per heavy atom. The number of fused-ring (bicyclic) bond motifs is 1. The minimum absolute atomic E-state index is 0.123. The minimum atomic E-state index is -0.123. The lowest BCUT2D eigenvalue weighted by atomic mass is 10.1. The first-order valence-electron chi connectivity index (χ1n) is 9.51. The second-order valence-electron chi connectivity index (χ2n) is 7.49. The second kappa shape index (κ2) is 6.34. The zero-order chi connectivity index (χ0) is 19.3. The molecule has 0 bridgehead atoms. The molecule has 1 fully saturated rings. The van der Waals surface area contributed by atoms with Crippen LogP contribution in [0.15, 0.2) is 42.5 Å². The van der Waals surface area contributed by atoms with Gasteiger partial charge in [-0.3, -0.25) is 9.89 Å². The molecule has 1 aliphatic carbocycles. The summed E-state index contributed by atoms with van der Waals surface area (Å²) in [5.74, 6) is 2.09. The molecule has 4 aromatic rings. The Labute approximate surface area is 162 Å². The molecule has 6 heteroatoms. The van der Waals surface area contributed by atoms with E-state index in [0.29, 0.717) is 17.3 Å². The lowest BCUT2D eigenvalue weighted by molar-refractivity contribution is 0.102. The van der Waals surface area contributed by atoms with Crippen molar-refractivity contribution >= 4 is 22.5 Å². The van der Waals surface area contributed by atoms with Gasteiger partial charge in [-0.1, -0.05) is 0 Å². The maximum absolute atomic E-state index is 12.7. The van der Waals surface area contributed by atoms with Gasteiger partial charge in [0.2, 0.25) is 0 Å². The third-order valence-corrected chi connectivity index (χ3v) is 5.44. The largest absolute Gasteiger partial charge is 0.358 e. The zero-order valence-corrected chi connectivity index (χ0v) is 15.8. The third kappa shape index (κ3) is 2.97. The van der Waals surface area contributed by atoms with Crippen LogP contribution in [0.2, 0.25) is 0 Å². The number of amides is 1. The molecule has 3 N–H and O–H groups in total. The van der Waals surface area contributed by atoms with Crippen molar-refractivity contribution in [1.29, 1.82) is 0 Å². The normalized spacial score (nSPS) is 13.8. The SMILES string of the molecule is Cc1[nH]c2ccc(C(=O)Nc3ccc(-c4n[nH]c(C5CC5)n4)cc3)cc2c1C. The van der Waals surface area contributed by atoms with Crippen molar-refractivity contribution in [3.05, 3.63) is 65.1 Å². The van der Waals surface area contributed by atoms with Crippen LogP contribution in [-0.4, -0.2) is 26.1 Å². The van der Waals surface area contributed by atoms with Crippen LogP contribution in [-0.2, 0) is 0 Å². The van der Waals surface area contributed by atoms with E-state index in [9.17, 15) is 4.79 Å². The summed E-state index contributed by atoms with van der Waals surface area (Å²) < 4.78 is 0. The number of H-pyrrole nitrogens is 2. The monoisotopic (exact) mass is 371 g/mol. The zero-order valence-electron chi connectivity index (χ0n) is 15.8. The van der Waals surface area contributed by atoms with Gasteiger partial charge in [-0.15, -0.1) is 0 Å². The van der Waals surface area contributed by atoms with E-state index >= 15 is 0 Å². The molecule has 5 rings (SSSR count). The quantitative estimate of drug-likeness (QED) is 0.486. The molecule has 0 radical (unpaired) electrons. The van der Waals surface area contributed by atoms with Gasteiger partial charge >= 0.3 is 0 Å². The van der Waals surface area contributed by atoms with Gasteiger partial charge in [0.25, 0.3) is 5.91 Å². The number of aromatic nitrogens is 4. The molecule has 2 heterocycles. The van der Waals surface area contributed by atoms with Crippen LogP contribution in [0.25, 0.3) is 22.3 Å². The van der Waals surface area contributed by atoms with Crippen LogP contribution in [0.1, 0.15) is 46.2 Å². The van der Waals surface area contributed by atoms with Gasteiger partial charge in [-0.05, 0) is 74.7 Å². The Balaban J connectivity index is 1.33. The van der Waals surface area contributed by atoms with Gasteiger partial charge in [-0.25, -0.2) is 4.98 Å². The van der Waals surface area contributed by atoms with Gasteiger partial charge in [0.1, 0.15) is 5.82 Å². The van der Waals surface area contributed by atoms with Crippen LogP contribution in [0.4, 0.5) is 5.69 Å². The summed E-state index contributed by atoms with van der Waals surface area (Å²) >= 11 is 0. The van der Waals surface area contributed by atoms with E-state index in [0.717, 1.165) is 33.7 Å². The molecule has 6 nitrogen and oxygen atoms in total. The first kappa shape index (κ1) is 16.7. The Morgan fingerprint density at radius 3 is 2.64 bits per heavy atom. The Bertz CT molecular complexity index is 1180. The Morgan fingerprint density at radius 1 is 1.11 bits per heavy atom. The number of benzene rings is 2. The lowest BCUT2D eigenvalue weighted by Gasteiger charge is -2.06. The van der Waals surface area contributed by atoms with E-state index in [-0.39, 0.29) is 5.91 Å². The lowest BCUT2D eigenvalue weighted by Crippen LogP contribution is -2.11. The molecule has 28 heavy (non-hydrogen) atoms. The van der Waals surface area contributed by atoms with E-state index in [1.165, 1.54) is 18.4 Å². The summed E-state index contributed by atoms with van der Waals surface area (Å²) in [4.78, 5) is 20.6. The number of aromatic amines is 2. The predicted molar refractivity (Wildman–Crippen MR) is 110 cm³/mol. The molecule has 0 atom stereocenters. The predicted octanol–water partition coefficient (Wildman–Crippen LogP) is 4.70. The van der Waals surface area contributed by atoms with Gasteiger partial charge < -0.3 is 10.3 Å². The molecule has 0 spiro atoms. The Kier molecular flexibility index (Phi) is 3.79. The highest BCUT2D eigenvalue weighted by Gasteiger charge is 2.27. The molecule has 0 unspecified atom stereocenters. The second-order valence-corrected chi connectivity index (χ2v) is 7.49. The fraction of sp³-hybridized carbons (Fsp3) is 0.227. The molecule has 2 aromatic heterocycles. The van der Waals surface area contributed by atoms with Gasteiger partial charge in [0.15, 0.2) is 5.82 Å². The van der Waals surface area contributed by atoms with Crippen LogP contribution < -0.4 is 5.32 Å². The maximum atomic E-state index is 12.7. The summed E-state index contributed by atoms with van der Waals surface area (Å²) in [6.45, 7) is 4.10. The standard InChI is InChI=1S/C22H21N5O/c1-12-13(2)23-19-10-7-16(11-18(12)19)22(28)24-17-8-5-15(6-9-17)21-25-20(26-27-21)14-3-4-14/h5-11,14,23H,3-4H2,1-2H3,(H,24,28)(H,25,26,27). The Hall–Kier alpha value is -3.41. The maximum Gasteiger partial charge on any atom is 0.255 e. The minimum Gasteiger partial charge on any atom is -0.358 e. The number of nitrogens with one attached hydrogen (secondary N) is 3. The molecule has 1 amide bonds. The molecular weight excluding hydrogens is 350 g/mol. The number of nitrogens with zero attached hydrogens (tertiary/aromatic N) is 2. The molecule has 0 saturated heterocycles. The highest BCUT2D eigenvalue weighted by Crippen LogP contribution is 2.38. The van der Waals surface area contributed by atoms with Gasteiger partial charge in [0, 0.05) is 39.3 Å². The van der Waals surface area contributed by atoms with Crippen LogP contribution in [0.3, 0.4) is 0 Å². The molecule has 140 valence electrons. The first-order valence-corrected chi connectivity index (χ1v) is 9.51. The molecule has 1 saturated carbocycles. The van der Waals surface area contributed by atoms with E-state index in [4.69, 9.17) is 0 Å². The van der Waals surface area contributed by atoms with Gasteiger partial charge in [0.05, 0.1) is 0 Å². The summed E-state index contributed by atoms with van der Waals surface area (Å²) in [6, 6.07) is 13.3.